The van der Waals surface area contributed by atoms with E-state index in [9.17, 15) is 4.79 Å². The molecular weight excluding hydrogens is 394 g/mol. The number of nitrogens with one attached hydrogen (secondary N) is 2. The molecule has 6 heteroatoms. The van der Waals surface area contributed by atoms with Gasteiger partial charge in [-0.15, -0.1) is 11.3 Å². The van der Waals surface area contributed by atoms with Gasteiger partial charge in [-0.05, 0) is 49.7 Å². The number of aromatic nitrogens is 1. The van der Waals surface area contributed by atoms with E-state index in [0.29, 0.717) is 18.0 Å². The van der Waals surface area contributed by atoms with E-state index >= 15 is 0 Å². The van der Waals surface area contributed by atoms with Crippen molar-refractivity contribution in [1.29, 1.82) is 0 Å². The highest BCUT2D eigenvalue weighted by Crippen LogP contribution is 2.29. The van der Waals surface area contributed by atoms with E-state index in [-0.39, 0.29) is 5.91 Å². The van der Waals surface area contributed by atoms with Gasteiger partial charge in [0.1, 0.15) is 11.8 Å². The van der Waals surface area contributed by atoms with Crippen LogP contribution in [0, 0.1) is 6.92 Å². The molecule has 152 valence electrons. The van der Waals surface area contributed by atoms with Crippen LogP contribution in [0.1, 0.15) is 23.5 Å². The first-order valence-corrected chi connectivity index (χ1v) is 10.7. The van der Waals surface area contributed by atoms with Gasteiger partial charge in [-0.2, -0.15) is 0 Å². The number of rotatable bonds is 7. The molecule has 3 aromatic carbocycles. The van der Waals surface area contributed by atoms with Crippen LogP contribution in [0.25, 0.3) is 10.2 Å². The molecule has 0 unspecified atom stereocenters. The maximum atomic E-state index is 13.3. The smallest absolute Gasteiger partial charge is 0.251 e. The molecule has 2 N–H and O–H groups in total. The standard InChI is InChI=1S/C24H23N3O2S/c1-3-29-21-12-8-7-11-19(21)27-24(28)23(17-9-5-4-6-10-17)26-18-13-14-20-22(15-18)30-16(2)25-20/h4-15,23,26H,3H2,1-2H3,(H,27,28)/t23-/m0/s1. The molecule has 1 aromatic heterocycles. The average Bonchev–Trinajstić information content (AvgIpc) is 3.13. The highest BCUT2D eigenvalue weighted by Gasteiger charge is 2.22. The molecule has 4 aromatic rings. The molecule has 1 amide bonds. The number of hydrogen-bond acceptors (Lipinski definition) is 5. The van der Waals surface area contributed by atoms with Crippen LogP contribution in [-0.2, 0) is 4.79 Å². The second-order valence-corrected chi connectivity index (χ2v) is 8.06. The van der Waals surface area contributed by atoms with E-state index in [4.69, 9.17) is 4.74 Å². The fraction of sp³-hybridized carbons (Fsp3) is 0.167. The lowest BCUT2D eigenvalue weighted by Crippen LogP contribution is -2.27. The fourth-order valence-electron chi connectivity index (χ4n) is 3.30. The summed E-state index contributed by atoms with van der Waals surface area (Å²) >= 11 is 1.64. The highest BCUT2D eigenvalue weighted by atomic mass is 32.1. The van der Waals surface area contributed by atoms with Crippen LogP contribution in [-0.4, -0.2) is 17.5 Å². The molecule has 0 bridgehead atoms. The number of carbonyl (C=O) groups is 1. The number of aryl methyl sites for hydroxylation is 1. The first kappa shape index (κ1) is 19.9. The number of thiazole rings is 1. The summed E-state index contributed by atoms with van der Waals surface area (Å²) in [6.45, 7) is 4.44. The van der Waals surface area contributed by atoms with Crippen LogP contribution in [0.15, 0.2) is 72.8 Å². The Hall–Kier alpha value is -3.38. The number of nitrogens with zero attached hydrogens (tertiary/aromatic N) is 1. The third-order valence-corrected chi connectivity index (χ3v) is 5.58. The topological polar surface area (TPSA) is 63.2 Å². The van der Waals surface area contributed by atoms with Gasteiger partial charge in [-0.3, -0.25) is 4.79 Å². The van der Waals surface area contributed by atoms with Gasteiger partial charge in [0.2, 0.25) is 0 Å². The van der Waals surface area contributed by atoms with E-state index in [1.54, 1.807) is 11.3 Å². The van der Waals surface area contributed by atoms with Crippen molar-refractivity contribution in [3.05, 3.63) is 83.4 Å². The molecule has 0 aliphatic heterocycles. The summed E-state index contributed by atoms with van der Waals surface area (Å²) in [4.78, 5) is 17.8. The summed E-state index contributed by atoms with van der Waals surface area (Å²) in [5.41, 5.74) is 3.37. The first-order valence-electron chi connectivity index (χ1n) is 9.85. The Morgan fingerprint density at radius 2 is 1.83 bits per heavy atom. The number of anilines is 2. The first-order chi connectivity index (χ1) is 14.6. The van der Waals surface area contributed by atoms with Crippen molar-refractivity contribution in [3.63, 3.8) is 0 Å². The van der Waals surface area contributed by atoms with Gasteiger partial charge in [0, 0.05) is 5.69 Å². The molecule has 0 saturated carbocycles. The second-order valence-electron chi connectivity index (χ2n) is 6.82. The maximum absolute atomic E-state index is 13.3. The van der Waals surface area contributed by atoms with Crippen LogP contribution in [0.3, 0.4) is 0 Å². The monoisotopic (exact) mass is 417 g/mol. The molecule has 1 heterocycles. The Morgan fingerprint density at radius 3 is 2.63 bits per heavy atom. The van der Waals surface area contributed by atoms with Crippen molar-refractivity contribution in [1.82, 2.24) is 4.98 Å². The summed E-state index contributed by atoms with van der Waals surface area (Å²) in [7, 11) is 0. The molecule has 5 nitrogen and oxygen atoms in total. The third kappa shape index (κ3) is 4.44. The molecule has 1 atom stereocenters. The Morgan fingerprint density at radius 1 is 1.07 bits per heavy atom. The van der Waals surface area contributed by atoms with Crippen molar-refractivity contribution in [2.45, 2.75) is 19.9 Å². The molecule has 0 spiro atoms. The minimum absolute atomic E-state index is 0.158. The van der Waals surface area contributed by atoms with Crippen molar-refractivity contribution >= 4 is 38.8 Å². The van der Waals surface area contributed by atoms with Gasteiger partial charge >= 0.3 is 0 Å². The molecule has 0 aliphatic rings. The minimum Gasteiger partial charge on any atom is -0.492 e. The van der Waals surface area contributed by atoms with Gasteiger partial charge in [0.25, 0.3) is 5.91 Å². The molecule has 0 aliphatic carbocycles. The highest BCUT2D eigenvalue weighted by molar-refractivity contribution is 7.18. The normalized spacial score (nSPS) is 11.8. The predicted octanol–water partition coefficient (Wildman–Crippen LogP) is 5.80. The van der Waals surface area contributed by atoms with Gasteiger partial charge in [-0.1, -0.05) is 42.5 Å². The number of carbonyl (C=O) groups excluding carboxylic acids is 1. The van der Waals surface area contributed by atoms with E-state index in [2.05, 4.69) is 15.6 Å². The van der Waals surface area contributed by atoms with Crippen LogP contribution < -0.4 is 15.4 Å². The number of fused-ring (bicyclic) bond motifs is 1. The molecule has 4 rings (SSSR count). The van der Waals surface area contributed by atoms with Crippen LogP contribution in [0.5, 0.6) is 5.75 Å². The minimum atomic E-state index is -0.563. The number of para-hydroxylation sites is 2. The Labute approximate surface area is 179 Å². The Balaban J connectivity index is 1.63. The Bertz CT molecular complexity index is 1160. The van der Waals surface area contributed by atoms with E-state index in [0.717, 1.165) is 26.5 Å². The summed E-state index contributed by atoms with van der Waals surface area (Å²) in [5, 5.41) is 7.43. The van der Waals surface area contributed by atoms with Crippen molar-refractivity contribution in [2.75, 3.05) is 17.2 Å². The zero-order valence-corrected chi connectivity index (χ0v) is 17.7. The van der Waals surface area contributed by atoms with Gasteiger partial charge in [0.15, 0.2) is 0 Å². The quantitative estimate of drug-likeness (QED) is 0.399. The number of amides is 1. The van der Waals surface area contributed by atoms with Crippen LogP contribution in [0.2, 0.25) is 0 Å². The SMILES string of the molecule is CCOc1ccccc1NC(=O)[C@@H](Nc1ccc2nc(C)sc2c1)c1ccccc1. The lowest BCUT2D eigenvalue weighted by Gasteiger charge is -2.21. The van der Waals surface area contributed by atoms with Crippen LogP contribution >= 0.6 is 11.3 Å². The van der Waals surface area contributed by atoms with E-state index < -0.39 is 6.04 Å². The molecular formula is C24H23N3O2S. The average molecular weight is 418 g/mol. The maximum Gasteiger partial charge on any atom is 0.251 e. The lowest BCUT2D eigenvalue weighted by atomic mass is 10.1. The van der Waals surface area contributed by atoms with Crippen molar-refractivity contribution in [2.24, 2.45) is 0 Å². The number of ether oxygens (including phenoxy) is 1. The van der Waals surface area contributed by atoms with Gasteiger partial charge in [0.05, 0.1) is 27.5 Å². The molecule has 0 saturated heterocycles. The largest absolute Gasteiger partial charge is 0.492 e. The zero-order chi connectivity index (χ0) is 20.9. The lowest BCUT2D eigenvalue weighted by molar-refractivity contribution is -0.117. The Kier molecular flexibility index (Phi) is 5.95. The zero-order valence-electron chi connectivity index (χ0n) is 16.9. The molecule has 0 fully saturated rings. The third-order valence-electron chi connectivity index (χ3n) is 4.65. The molecule has 30 heavy (non-hydrogen) atoms. The predicted molar refractivity (Wildman–Crippen MR) is 123 cm³/mol. The summed E-state index contributed by atoms with van der Waals surface area (Å²) < 4.78 is 6.74. The van der Waals surface area contributed by atoms with Crippen molar-refractivity contribution in [3.8, 4) is 5.75 Å². The van der Waals surface area contributed by atoms with E-state index in [1.165, 1.54) is 0 Å². The van der Waals surface area contributed by atoms with Gasteiger partial charge in [-0.25, -0.2) is 4.98 Å². The van der Waals surface area contributed by atoms with Crippen LogP contribution in [0.4, 0.5) is 11.4 Å². The number of benzene rings is 3. The summed E-state index contributed by atoms with van der Waals surface area (Å²) in [5.74, 6) is 0.496. The van der Waals surface area contributed by atoms with Gasteiger partial charge < -0.3 is 15.4 Å². The fourth-order valence-corrected chi connectivity index (χ4v) is 4.16. The van der Waals surface area contributed by atoms with Crippen molar-refractivity contribution < 1.29 is 9.53 Å². The summed E-state index contributed by atoms with van der Waals surface area (Å²) in [6.07, 6.45) is 0. The molecule has 0 radical (unpaired) electrons. The summed E-state index contributed by atoms with van der Waals surface area (Å²) in [6, 6.07) is 22.6. The second kappa shape index (κ2) is 8.97. The van der Waals surface area contributed by atoms with E-state index in [1.807, 2.05) is 86.6 Å². The number of hydrogen-bond donors (Lipinski definition) is 2.